The Labute approximate surface area is 184 Å². The Hall–Kier alpha value is -3.19. The molecule has 0 aliphatic carbocycles. The summed E-state index contributed by atoms with van der Waals surface area (Å²) in [6.07, 6.45) is 3.04. The molecule has 1 aliphatic rings. The molecule has 1 aliphatic heterocycles. The molecule has 0 spiro atoms. The van der Waals surface area contributed by atoms with Crippen molar-refractivity contribution >= 4 is 28.1 Å². The van der Waals surface area contributed by atoms with Crippen molar-refractivity contribution in [1.29, 1.82) is 0 Å². The zero-order valence-corrected chi connectivity index (χ0v) is 18.1. The zero-order valence-electron chi connectivity index (χ0n) is 17.3. The van der Waals surface area contributed by atoms with Gasteiger partial charge in [-0.05, 0) is 41.5 Å². The normalized spacial score (nSPS) is 19.1. The van der Waals surface area contributed by atoms with E-state index in [1.54, 1.807) is 28.2 Å². The predicted molar refractivity (Wildman–Crippen MR) is 123 cm³/mol. The number of aromatic nitrogens is 3. The van der Waals surface area contributed by atoms with Crippen LogP contribution >= 0.6 is 11.3 Å². The highest BCUT2D eigenvalue weighted by molar-refractivity contribution is 7.13. The van der Waals surface area contributed by atoms with E-state index in [4.69, 9.17) is 0 Å². The summed E-state index contributed by atoms with van der Waals surface area (Å²) in [6.45, 7) is 3.36. The van der Waals surface area contributed by atoms with E-state index in [2.05, 4.69) is 17.0 Å². The van der Waals surface area contributed by atoms with Crippen LogP contribution in [0.25, 0.3) is 21.5 Å². The Bertz CT molecular complexity index is 1270. The second-order valence-corrected chi connectivity index (χ2v) is 9.14. The first-order chi connectivity index (χ1) is 15.1. The van der Waals surface area contributed by atoms with E-state index in [9.17, 15) is 9.59 Å². The number of nitrogens with zero attached hydrogens (tertiary/aromatic N) is 3. The lowest BCUT2D eigenvalue weighted by molar-refractivity contribution is -0.132. The molecule has 158 valence electrons. The molecule has 31 heavy (non-hydrogen) atoms. The van der Waals surface area contributed by atoms with E-state index in [1.807, 2.05) is 52.9 Å². The Kier molecular flexibility index (Phi) is 5.19. The molecule has 0 unspecified atom stereocenters. The van der Waals surface area contributed by atoms with E-state index in [-0.39, 0.29) is 23.4 Å². The van der Waals surface area contributed by atoms with Gasteiger partial charge < -0.3 is 9.88 Å². The van der Waals surface area contributed by atoms with Crippen molar-refractivity contribution in [3.8, 4) is 10.6 Å². The Morgan fingerprint density at radius 2 is 2.06 bits per heavy atom. The van der Waals surface area contributed by atoms with E-state index in [0.29, 0.717) is 19.5 Å². The number of likely N-dealkylation sites (tertiary alicyclic amines) is 1. The van der Waals surface area contributed by atoms with Gasteiger partial charge in [0.05, 0.1) is 17.3 Å². The summed E-state index contributed by atoms with van der Waals surface area (Å²) in [5.74, 6) is 0.271. The number of carbonyl (C=O) groups excluding carboxylic acids is 1. The number of amides is 1. The van der Waals surface area contributed by atoms with Crippen molar-refractivity contribution in [3.63, 3.8) is 0 Å². The number of rotatable bonds is 4. The monoisotopic (exact) mass is 432 g/mol. The fourth-order valence-corrected chi connectivity index (χ4v) is 5.18. The third-order valence-electron chi connectivity index (χ3n) is 6.14. The topological polar surface area (TPSA) is 71.0 Å². The van der Waals surface area contributed by atoms with Crippen molar-refractivity contribution in [2.75, 3.05) is 13.1 Å². The molecule has 3 aromatic heterocycles. The second kappa shape index (κ2) is 8.15. The summed E-state index contributed by atoms with van der Waals surface area (Å²) >= 11 is 1.61. The van der Waals surface area contributed by atoms with Gasteiger partial charge in [0, 0.05) is 36.3 Å². The van der Waals surface area contributed by atoms with Crippen LogP contribution in [0.1, 0.15) is 24.9 Å². The van der Waals surface area contributed by atoms with Gasteiger partial charge in [-0.2, -0.15) is 5.10 Å². The number of para-hydroxylation sites is 1. The predicted octanol–water partition coefficient (Wildman–Crippen LogP) is 4.11. The molecule has 1 saturated heterocycles. The number of H-pyrrole nitrogens is 1. The first kappa shape index (κ1) is 19.8. The van der Waals surface area contributed by atoms with Crippen LogP contribution in [-0.2, 0) is 11.2 Å². The molecule has 1 aromatic carbocycles. The average molecular weight is 433 g/mol. The van der Waals surface area contributed by atoms with Crippen molar-refractivity contribution in [2.24, 2.45) is 5.92 Å². The highest BCUT2D eigenvalue weighted by Crippen LogP contribution is 2.29. The largest absolute Gasteiger partial charge is 0.361 e. The number of fused-ring (bicyclic) bond motifs is 1. The molecule has 1 fully saturated rings. The van der Waals surface area contributed by atoms with Gasteiger partial charge in [-0.15, -0.1) is 11.3 Å². The van der Waals surface area contributed by atoms with Gasteiger partial charge in [0.25, 0.3) is 5.56 Å². The molecule has 2 atom stereocenters. The summed E-state index contributed by atoms with van der Waals surface area (Å²) in [6, 6.07) is 15.4. The number of carbonyl (C=O) groups is 1. The smallest absolute Gasteiger partial charge is 0.267 e. The third-order valence-corrected chi connectivity index (χ3v) is 7.03. The van der Waals surface area contributed by atoms with Crippen molar-refractivity contribution < 1.29 is 4.79 Å². The molecule has 0 saturated carbocycles. The fourth-order valence-electron chi connectivity index (χ4n) is 4.49. The van der Waals surface area contributed by atoms with Gasteiger partial charge in [0.2, 0.25) is 5.91 Å². The maximum atomic E-state index is 13.0. The minimum atomic E-state index is -0.0873. The first-order valence-corrected chi connectivity index (χ1v) is 11.4. The maximum absolute atomic E-state index is 13.0. The van der Waals surface area contributed by atoms with E-state index >= 15 is 0 Å². The summed E-state index contributed by atoms with van der Waals surface area (Å²) in [7, 11) is 0. The Morgan fingerprint density at radius 1 is 1.19 bits per heavy atom. The lowest BCUT2D eigenvalue weighted by Crippen LogP contribution is -2.46. The molecule has 4 aromatic rings. The quantitative estimate of drug-likeness (QED) is 0.528. The van der Waals surface area contributed by atoms with Crippen molar-refractivity contribution in [2.45, 2.75) is 25.8 Å². The van der Waals surface area contributed by atoms with Crippen LogP contribution in [0.4, 0.5) is 0 Å². The molecule has 4 heterocycles. The molecule has 5 rings (SSSR count). The Morgan fingerprint density at radius 3 is 2.87 bits per heavy atom. The Balaban J connectivity index is 1.31. The van der Waals surface area contributed by atoms with Gasteiger partial charge in [0.1, 0.15) is 5.69 Å². The van der Waals surface area contributed by atoms with Crippen LogP contribution in [-0.4, -0.2) is 38.7 Å². The lowest BCUT2D eigenvalue weighted by Gasteiger charge is -2.37. The van der Waals surface area contributed by atoms with Gasteiger partial charge in [-0.25, -0.2) is 4.68 Å². The van der Waals surface area contributed by atoms with E-state index in [0.717, 1.165) is 33.5 Å². The van der Waals surface area contributed by atoms with E-state index in [1.165, 1.54) is 0 Å². The summed E-state index contributed by atoms with van der Waals surface area (Å²) in [5, 5.41) is 7.76. The second-order valence-electron chi connectivity index (χ2n) is 8.19. The molecular formula is C24H24N4O2S. The molecule has 6 nitrogen and oxygen atoms in total. The zero-order chi connectivity index (χ0) is 21.4. The molecule has 7 heteroatoms. The van der Waals surface area contributed by atoms with Crippen LogP contribution in [0.5, 0.6) is 0 Å². The molecule has 1 amide bonds. The number of nitrogens with one attached hydrogen (secondary N) is 1. The lowest BCUT2D eigenvalue weighted by atomic mass is 9.93. The molecule has 0 radical (unpaired) electrons. The highest BCUT2D eigenvalue weighted by Gasteiger charge is 2.31. The van der Waals surface area contributed by atoms with Crippen LogP contribution < -0.4 is 5.56 Å². The number of thiophene rings is 1. The van der Waals surface area contributed by atoms with Crippen LogP contribution in [0, 0.1) is 5.92 Å². The number of aromatic amines is 1. The fraction of sp³-hybridized carbons (Fsp3) is 0.292. The standard InChI is InChI=1S/C24H24N4O2S/c1-16-15-27(24(30)13-17-14-25-19-6-3-2-5-18(17)19)11-10-21(16)28-23(29)9-8-20(26-28)22-7-4-12-31-22/h2-9,12,14,16,21,25H,10-11,13,15H2,1H3/t16-,21+/m0/s1. The van der Waals surface area contributed by atoms with Gasteiger partial charge >= 0.3 is 0 Å². The van der Waals surface area contributed by atoms with Crippen LogP contribution in [0.15, 0.2) is 64.9 Å². The number of benzene rings is 1. The molecule has 0 bridgehead atoms. The minimum absolute atomic E-state index is 0.00967. The summed E-state index contributed by atoms with van der Waals surface area (Å²) in [5.41, 5.74) is 2.81. The maximum Gasteiger partial charge on any atom is 0.267 e. The minimum Gasteiger partial charge on any atom is -0.361 e. The molecular weight excluding hydrogens is 408 g/mol. The molecule has 1 N–H and O–H groups in total. The number of piperidine rings is 1. The van der Waals surface area contributed by atoms with Crippen molar-refractivity contribution in [3.05, 3.63) is 76.0 Å². The summed E-state index contributed by atoms with van der Waals surface area (Å²) in [4.78, 5) is 31.8. The van der Waals surface area contributed by atoms with Gasteiger partial charge in [-0.1, -0.05) is 31.2 Å². The van der Waals surface area contributed by atoms with E-state index < -0.39 is 0 Å². The SMILES string of the molecule is C[C@H]1CN(C(=O)Cc2c[nH]c3ccccc23)CC[C@H]1n1nc(-c2cccs2)ccc1=O. The highest BCUT2D eigenvalue weighted by atomic mass is 32.1. The first-order valence-electron chi connectivity index (χ1n) is 10.6. The number of hydrogen-bond donors (Lipinski definition) is 1. The average Bonchev–Trinajstić information content (AvgIpc) is 3.45. The van der Waals surface area contributed by atoms with Gasteiger partial charge in [-0.3, -0.25) is 9.59 Å². The van der Waals surface area contributed by atoms with Crippen molar-refractivity contribution in [1.82, 2.24) is 19.7 Å². The van der Waals surface area contributed by atoms with Crippen LogP contribution in [0.2, 0.25) is 0 Å². The summed E-state index contributed by atoms with van der Waals surface area (Å²) < 4.78 is 1.63. The number of hydrogen-bond acceptors (Lipinski definition) is 4. The van der Waals surface area contributed by atoms with Crippen LogP contribution in [0.3, 0.4) is 0 Å². The van der Waals surface area contributed by atoms with Gasteiger partial charge in [0.15, 0.2) is 0 Å². The third kappa shape index (κ3) is 3.81.